The Bertz CT molecular complexity index is 668. The monoisotopic (exact) mass is 367 g/mol. The van der Waals surface area contributed by atoms with E-state index in [2.05, 4.69) is 21.2 Å². The van der Waals surface area contributed by atoms with Gasteiger partial charge in [-0.25, -0.2) is 0 Å². The van der Waals surface area contributed by atoms with Crippen LogP contribution in [0.3, 0.4) is 0 Å². The van der Waals surface area contributed by atoms with Crippen molar-refractivity contribution < 1.29 is 14.7 Å². The molecule has 0 radical (unpaired) electrons. The molecule has 110 valence electrons. The molecule has 1 heterocycles. The summed E-state index contributed by atoms with van der Waals surface area (Å²) in [6.45, 7) is 1.57. The van der Waals surface area contributed by atoms with Crippen LogP contribution in [0.1, 0.15) is 38.6 Å². The number of thiophene rings is 1. The molecule has 4 nitrogen and oxygen atoms in total. The van der Waals surface area contributed by atoms with Crippen LogP contribution in [0.25, 0.3) is 0 Å². The summed E-state index contributed by atoms with van der Waals surface area (Å²) >= 11 is 4.55. The lowest BCUT2D eigenvalue weighted by atomic mass is 10.1. The topological polar surface area (TPSA) is 66.4 Å². The Kier molecular flexibility index (Phi) is 5.27. The summed E-state index contributed by atoms with van der Waals surface area (Å²) in [7, 11) is 0. The average Bonchev–Trinajstić information content (AvgIpc) is 2.94. The summed E-state index contributed by atoms with van der Waals surface area (Å²) in [6.07, 6.45) is -0.779. The third-order valence-electron chi connectivity index (χ3n) is 2.92. The molecule has 1 aromatic carbocycles. The fourth-order valence-corrected chi connectivity index (χ4v) is 3.03. The van der Waals surface area contributed by atoms with E-state index in [4.69, 9.17) is 0 Å². The van der Waals surface area contributed by atoms with E-state index in [1.165, 1.54) is 18.3 Å². The molecule has 0 bridgehead atoms. The Labute approximate surface area is 134 Å². The van der Waals surface area contributed by atoms with E-state index in [9.17, 15) is 14.7 Å². The lowest BCUT2D eigenvalue weighted by molar-refractivity contribution is 0.0920. The van der Waals surface area contributed by atoms with Crippen molar-refractivity contribution in [2.24, 2.45) is 0 Å². The van der Waals surface area contributed by atoms with Crippen LogP contribution >= 0.6 is 27.3 Å². The quantitative estimate of drug-likeness (QED) is 0.797. The molecule has 6 heteroatoms. The van der Waals surface area contributed by atoms with Crippen LogP contribution in [0.15, 0.2) is 40.2 Å². The van der Waals surface area contributed by atoms with Gasteiger partial charge in [0.25, 0.3) is 5.91 Å². The summed E-state index contributed by atoms with van der Waals surface area (Å²) in [4.78, 5) is 23.6. The number of ketones is 1. The van der Waals surface area contributed by atoms with Crippen molar-refractivity contribution in [3.63, 3.8) is 0 Å². The lowest BCUT2D eigenvalue weighted by Gasteiger charge is -2.12. The Morgan fingerprint density at radius 2 is 2.14 bits per heavy atom. The molecule has 0 aliphatic carbocycles. The molecule has 21 heavy (non-hydrogen) atoms. The number of benzene rings is 1. The van der Waals surface area contributed by atoms with Crippen LogP contribution in [-0.2, 0) is 0 Å². The van der Waals surface area contributed by atoms with E-state index in [-0.39, 0.29) is 18.2 Å². The summed E-state index contributed by atoms with van der Waals surface area (Å²) in [5.41, 5.74) is 1.25. The maximum absolute atomic E-state index is 12.0. The van der Waals surface area contributed by atoms with Gasteiger partial charge in [-0.15, -0.1) is 11.3 Å². The SMILES string of the molecule is CC(=O)c1csc(C(=O)NC[C@H](O)c2cccc(Br)c2)c1. The minimum absolute atomic E-state index is 0.0699. The molecule has 0 aliphatic heterocycles. The molecular formula is C15H14BrNO3S. The molecule has 2 rings (SSSR count). The minimum Gasteiger partial charge on any atom is -0.387 e. The molecule has 2 N–H and O–H groups in total. The van der Waals surface area contributed by atoms with Gasteiger partial charge in [0.15, 0.2) is 5.78 Å². The van der Waals surface area contributed by atoms with Crippen molar-refractivity contribution >= 4 is 39.0 Å². The van der Waals surface area contributed by atoms with Gasteiger partial charge in [0.1, 0.15) is 0 Å². The van der Waals surface area contributed by atoms with E-state index in [0.29, 0.717) is 10.4 Å². The van der Waals surface area contributed by atoms with Gasteiger partial charge in [-0.05, 0) is 30.7 Å². The molecule has 1 atom stereocenters. The number of hydrogen-bond acceptors (Lipinski definition) is 4. The minimum atomic E-state index is -0.779. The van der Waals surface area contributed by atoms with Crippen LogP contribution in [0.4, 0.5) is 0 Å². The van der Waals surface area contributed by atoms with E-state index < -0.39 is 6.10 Å². The second-order valence-electron chi connectivity index (χ2n) is 4.54. The van der Waals surface area contributed by atoms with Gasteiger partial charge >= 0.3 is 0 Å². The van der Waals surface area contributed by atoms with Crippen LogP contribution in [0, 0.1) is 0 Å². The van der Waals surface area contributed by atoms with Crippen molar-refractivity contribution in [2.75, 3.05) is 6.54 Å². The smallest absolute Gasteiger partial charge is 0.261 e. The first-order chi connectivity index (χ1) is 9.97. The highest BCUT2D eigenvalue weighted by molar-refractivity contribution is 9.10. The largest absolute Gasteiger partial charge is 0.387 e. The van der Waals surface area contributed by atoms with E-state index >= 15 is 0 Å². The zero-order chi connectivity index (χ0) is 15.4. The zero-order valence-electron chi connectivity index (χ0n) is 11.3. The van der Waals surface area contributed by atoms with Crippen molar-refractivity contribution in [2.45, 2.75) is 13.0 Å². The fraction of sp³-hybridized carbons (Fsp3) is 0.200. The van der Waals surface area contributed by atoms with Crippen LogP contribution in [0.5, 0.6) is 0 Å². The molecule has 1 amide bonds. The van der Waals surface area contributed by atoms with Crippen molar-refractivity contribution in [3.05, 3.63) is 56.2 Å². The molecule has 0 saturated heterocycles. The number of amides is 1. The summed E-state index contributed by atoms with van der Waals surface area (Å²) in [5.74, 6) is -0.360. The number of carbonyl (C=O) groups is 2. The van der Waals surface area contributed by atoms with Crippen molar-refractivity contribution in [1.29, 1.82) is 0 Å². The third-order valence-corrected chi connectivity index (χ3v) is 4.34. The van der Waals surface area contributed by atoms with E-state index in [1.807, 2.05) is 12.1 Å². The molecule has 0 aliphatic rings. The van der Waals surface area contributed by atoms with Crippen LogP contribution in [-0.4, -0.2) is 23.3 Å². The molecular weight excluding hydrogens is 354 g/mol. The highest BCUT2D eigenvalue weighted by Crippen LogP contribution is 2.18. The van der Waals surface area contributed by atoms with Crippen molar-refractivity contribution in [1.82, 2.24) is 5.32 Å². The molecule has 0 spiro atoms. The Hall–Kier alpha value is -1.50. The van der Waals surface area contributed by atoms with Gasteiger partial charge in [-0.3, -0.25) is 9.59 Å². The first kappa shape index (κ1) is 15.9. The van der Waals surface area contributed by atoms with Crippen LogP contribution < -0.4 is 5.32 Å². The molecule has 0 fully saturated rings. The number of Topliss-reactive ketones (excluding diaryl/α,β-unsaturated/α-hetero) is 1. The maximum Gasteiger partial charge on any atom is 0.261 e. The summed E-state index contributed by atoms with van der Waals surface area (Å²) < 4.78 is 0.870. The lowest BCUT2D eigenvalue weighted by Crippen LogP contribution is -2.27. The molecule has 0 saturated carbocycles. The summed E-state index contributed by atoms with van der Waals surface area (Å²) in [5, 5.41) is 14.4. The number of hydrogen-bond donors (Lipinski definition) is 2. The predicted octanol–water partition coefficient (Wildman–Crippen LogP) is 3.18. The van der Waals surface area contributed by atoms with Gasteiger partial charge in [0.2, 0.25) is 0 Å². The fourth-order valence-electron chi connectivity index (χ4n) is 1.75. The van der Waals surface area contributed by atoms with Gasteiger partial charge in [-0.2, -0.15) is 0 Å². The van der Waals surface area contributed by atoms with Gasteiger partial charge < -0.3 is 10.4 Å². The number of rotatable bonds is 5. The van der Waals surface area contributed by atoms with Gasteiger partial charge in [0.05, 0.1) is 11.0 Å². The Balaban J connectivity index is 1.95. The molecule has 0 unspecified atom stereocenters. The third kappa shape index (κ3) is 4.23. The van der Waals surface area contributed by atoms with Gasteiger partial charge in [-0.1, -0.05) is 28.1 Å². The van der Waals surface area contributed by atoms with Crippen LogP contribution in [0.2, 0.25) is 0 Å². The second kappa shape index (κ2) is 6.98. The number of nitrogens with one attached hydrogen (secondary N) is 1. The number of carbonyl (C=O) groups excluding carboxylic acids is 2. The van der Waals surface area contributed by atoms with Gasteiger partial charge in [0, 0.05) is 22.0 Å². The number of aliphatic hydroxyl groups excluding tert-OH is 1. The first-order valence-corrected chi connectivity index (χ1v) is 7.96. The summed E-state index contributed by atoms with van der Waals surface area (Å²) in [6, 6.07) is 8.84. The highest BCUT2D eigenvalue weighted by Gasteiger charge is 2.13. The average molecular weight is 368 g/mol. The Morgan fingerprint density at radius 1 is 1.38 bits per heavy atom. The Morgan fingerprint density at radius 3 is 2.76 bits per heavy atom. The van der Waals surface area contributed by atoms with E-state index in [1.54, 1.807) is 23.6 Å². The second-order valence-corrected chi connectivity index (χ2v) is 6.36. The number of halogens is 1. The normalized spacial score (nSPS) is 12.0. The predicted molar refractivity (Wildman–Crippen MR) is 85.8 cm³/mol. The first-order valence-electron chi connectivity index (χ1n) is 6.28. The van der Waals surface area contributed by atoms with E-state index in [0.717, 1.165) is 10.0 Å². The molecule has 1 aromatic heterocycles. The zero-order valence-corrected chi connectivity index (χ0v) is 13.7. The maximum atomic E-state index is 12.0. The standard InChI is InChI=1S/C15H14BrNO3S/c1-9(18)11-6-14(21-8-11)15(20)17-7-13(19)10-3-2-4-12(16)5-10/h2-6,8,13,19H,7H2,1H3,(H,17,20)/t13-/m0/s1. The number of aliphatic hydroxyl groups is 1. The highest BCUT2D eigenvalue weighted by atomic mass is 79.9. The van der Waals surface area contributed by atoms with Crippen molar-refractivity contribution in [3.8, 4) is 0 Å². The molecule has 2 aromatic rings.